The molecule has 2 heterocycles. The van der Waals surface area contributed by atoms with Crippen LogP contribution in [-0.4, -0.2) is 53.1 Å². The SMILES string of the molecule is Cc1ccc(NC(=O)C2(c3ccccc3C(C)C)CN(CC(C)(C)CC(=O)O)C2)c(OC(F)F)n1. The summed E-state index contributed by atoms with van der Waals surface area (Å²) in [4.78, 5) is 31.1. The second kappa shape index (κ2) is 10.3. The molecule has 2 N–H and O–H groups in total. The van der Waals surface area contributed by atoms with Crippen molar-refractivity contribution >= 4 is 17.6 Å². The first kappa shape index (κ1) is 26.5. The number of amides is 1. The van der Waals surface area contributed by atoms with Crippen LogP contribution in [0.15, 0.2) is 36.4 Å². The van der Waals surface area contributed by atoms with Crippen LogP contribution in [0, 0.1) is 12.3 Å². The number of aliphatic carboxylic acids is 1. The number of carboxylic acids is 1. The summed E-state index contributed by atoms with van der Waals surface area (Å²) >= 11 is 0. The maximum absolute atomic E-state index is 13.8. The smallest absolute Gasteiger partial charge is 0.388 e. The summed E-state index contributed by atoms with van der Waals surface area (Å²) < 4.78 is 30.5. The number of hydrogen-bond acceptors (Lipinski definition) is 5. The van der Waals surface area contributed by atoms with Gasteiger partial charge in [0.2, 0.25) is 11.8 Å². The lowest BCUT2D eigenvalue weighted by atomic mass is 9.69. The predicted octanol–water partition coefficient (Wildman–Crippen LogP) is 4.81. The molecule has 1 aliphatic heterocycles. The van der Waals surface area contributed by atoms with Crippen LogP contribution in [0.25, 0.3) is 0 Å². The van der Waals surface area contributed by atoms with E-state index < -0.39 is 23.4 Å². The summed E-state index contributed by atoms with van der Waals surface area (Å²) in [5, 5.41) is 12.0. The Morgan fingerprint density at radius 1 is 1.20 bits per heavy atom. The summed E-state index contributed by atoms with van der Waals surface area (Å²) in [5.74, 6) is -1.39. The highest BCUT2D eigenvalue weighted by Crippen LogP contribution is 2.42. The van der Waals surface area contributed by atoms with Gasteiger partial charge in [0.15, 0.2) is 0 Å². The normalized spacial score (nSPS) is 15.7. The largest absolute Gasteiger partial charge is 0.481 e. The van der Waals surface area contributed by atoms with Gasteiger partial charge in [-0.3, -0.25) is 14.5 Å². The molecule has 1 aromatic carbocycles. The summed E-state index contributed by atoms with van der Waals surface area (Å²) in [5.41, 5.74) is 1.04. The third-order valence-corrected chi connectivity index (χ3v) is 6.25. The Labute approximate surface area is 204 Å². The van der Waals surface area contributed by atoms with E-state index in [4.69, 9.17) is 0 Å². The fourth-order valence-corrected chi connectivity index (χ4v) is 4.82. The Hall–Kier alpha value is -3.07. The average molecular weight is 490 g/mol. The predicted molar refractivity (Wildman–Crippen MR) is 129 cm³/mol. The maximum atomic E-state index is 13.8. The van der Waals surface area contributed by atoms with Crippen LogP contribution < -0.4 is 10.1 Å². The van der Waals surface area contributed by atoms with Crippen molar-refractivity contribution in [1.82, 2.24) is 9.88 Å². The number of carboxylic acid groups (broad SMARTS) is 1. The Morgan fingerprint density at radius 3 is 2.46 bits per heavy atom. The van der Waals surface area contributed by atoms with E-state index in [0.29, 0.717) is 25.3 Å². The quantitative estimate of drug-likeness (QED) is 0.498. The van der Waals surface area contributed by atoms with Gasteiger partial charge in [0.1, 0.15) is 5.69 Å². The first-order valence-corrected chi connectivity index (χ1v) is 11.6. The van der Waals surface area contributed by atoms with Crippen molar-refractivity contribution in [1.29, 1.82) is 0 Å². The molecule has 3 rings (SSSR count). The van der Waals surface area contributed by atoms with E-state index in [0.717, 1.165) is 11.1 Å². The molecule has 1 aromatic heterocycles. The van der Waals surface area contributed by atoms with Gasteiger partial charge < -0.3 is 15.2 Å². The molecule has 0 spiro atoms. The van der Waals surface area contributed by atoms with Gasteiger partial charge in [-0.2, -0.15) is 8.78 Å². The second-order valence-corrected chi connectivity index (χ2v) is 10.3. The Bertz CT molecular complexity index is 1080. The van der Waals surface area contributed by atoms with E-state index in [1.54, 1.807) is 13.0 Å². The van der Waals surface area contributed by atoms with E-state index >= 15 is 0 Å². The van der Waals surface area contributed by atoms with E-state index in [1.807, 2.05) is 38.1 Å². The second-order valence-electron chi connectivity index (χ2n) is 10.3. The molecular formula is C26H33F2N3O4. The fourth-order valence-electron chi connectivity index (χ4n) is 4.82. The van der Waals surface area contributed by atoms with Crippen molar-refractivity contribution in [3.8, 4) is 5.88 Å². The minimum atomic E-state index is -3.08. The number of hydrogen-bond donors (Lipinski definition) is 2. The van der Waals surface area contributed by atoms with Crippen LogP contribution in [0.3, 0.4) is 0 Å². The standard InChI is InChI=1S/C26H33F2N3O4/c1-16(2)18-8-6-7-9-19(18)26(14-31(15-26)13-25(4,5)12-21(32)33)23(34)30-20-11-10-17(3)29-22(20)35-24(27)28/h6-11,16,24H,12-15H2,1-5H3,(H,30,34)(H,32,33). The number of carbonyl (C=O) groups is 2. The summed E-state index contributed by atoms with van der Waals surface area (Å²) in [6, 6.07) is 10.8. The van der Waals surface area contributed by atoms with Crippen LogP contribution >= 0.6 is 0 Å². The van der Waals surface area contributed by atoms with Gasteiger partial charge in [0.05, 0.1) is 11.8 Å². The van der Waals surface area contributed by atoms with Gasteiger partial charge in [0, 0.05) is 25.3 Å². The van der Waals surface area contributed by atoms with Crippen molar-refractivity contribution in [3.63, 3.8) is 0 Å². The fraction of sp³-hybridized carbons (Fsp3) is 0.500. The first-order valence-electron chi connectivity index (χ1n) is 11.6. The van der Waals surface area contributed by atoms with Crippen LogP contribution in [0.2, 0.25) is 0 Å². The van der Waals surface area contributed by atoms with E-state index in [9.17, 15) is 23.5 Å². The molecule has 7 nitrogen and oxygen atoms in total. The molecule has 1 aliphatic rings. The number of aryl methyl sites for hydroxylation is 1. The third-order valence-electron chi connectivity index (χ3n) is 6.25. The molecule has 0 radical (unpaired) electrons. The molecule has 2 aromatic rings. The Balaban J connectivity index is 1.94. The van der Waals surface area contributed by atoms with Crippen molar-refractivity contribution in [2.45, 2.75) is 59.0 Å². The summed E-state index contributed by atoms with van der Waals surface area (Å²) in [6.07, 6.45) is 0.00857. The van der Waals surface area contributed by atoms with Crippen LogP contribution in [0.5, 0.6) is 5.88 Å². The van der Waals surface area contributed by atoms with E-state index in [2.05, 4.69) is 33.8 Å². The maximum Gasteiger partial charge on any atom is 0.388 e. The lowest BCUT2D eigenvalue weighted by Crippen LogP contribution is -2.66. The number of rotatable bonds is 10. The van der Waals surface area contributed by atoms with Gasteiger partial charge >= 0.3 is 12.6 Å². The highest BCUT2D eigenvalue weighted by Gasteiger charge is 2.52. The molecular weight excluding hydrogens is 456 g/mol. The number of benzene rings is 1. The van der Waals surface area contributed by atoms with Gasteiger partial charge in [-0.25, -0.2) is 4.98 Å². The van der Waals surface area contributed by atoms with Crippen molar-refractivity contribution in [2.24, 2.45) is 5.41 Å². The molecule has 0 atom stereocenters. The van der Waals surface area contributed by atoms with Crippen molar-refractivity contribution in [3.05, 3.63) is 53.2 Å². The third kappa shape index (κ3) is 6.14. The van der Waals surface area contributed by atoms with Crippen molar-refractivity contribution in [2.75, 3.05) is 25.0 Å². The highest BCUT2D eigenvalue weighted by molar-refractivity contribution is 6.01. The van der Waals surface area contributed by atoms with E-state index in [-0.39, 0.29) is 29.8 Å². The van der Waals surface area contributed by atoms with Crippen LogP contribution in [0.4, 0.5) is 14.5 Å². The van der Waals surface area contributed by atoms with Gasteiger partial charge in [-0.15, -0.1) is 0 Å². The molecule has 0 unspecified atom stereocenters. The van der Waals surface area contributed by atoms with Gasteiger partial charge in [0.25, 0.3) is 0 Å². The molecule has 0 aliphatic carbocycles. The number of ether oxygens (including phenoxy) is 1. The van der Waals surface area contributed by atoms with Gasteiger partial charge in [-0.1, -0.05) is 52.0 Å². The highest BCUT2D eigenvalue weighted by atomic mass is 19.3. The number of alkyl halides is 2. The molecule has 9 heteroatoms. The number of carbonyl (C=O) groups excluding carboxylic acids is 1. The van der Waals surface area contributed by atoms with E-state index in [1.165, 1.54) is 6.07 Å². The lowest BCUT2D eigenvalue weighted by molar-refractivity contribution is -0.140. The molecule has 0 saturated carbocycles. The Morgan fingerprint density at radius 2 is 1.86 bits per heavy atom. The average Bonchev–Trinajstić information content (AvgIpc) is 2.70. The molecule has 1 saturated heterocycles. The number of nitrogens with one attached hydrogen (secondary N) is 1. The first-order chi connectivity index (χ1) is 16.3. The zero-order valence-electron chi connectivity index (χ0n) is 20.8. The number of pyridine rings is 1. The molecule has 35 heavy (non-hydrogen) atoms. The summed E-state index contributed by atoms with van der Waals surface area (Å²) in [6.45, 7) is 7.68. The zero-order chi connectivity index (χ0) is 26.0. The number of anilines is 1. The molecule has 1 fully saturated rings. The molecule has 190 valence electrons. The minimum absolute atomic E-state index is 0.00857. The Kier molecular flexibility index (Phi) is 7.79. The van der Waals surface area contributed by atoms with Crippen molar-refractivity contribution < 1.29 is 28.2 Å². The zero-order valence-corrected chi connectivity index (χ0v) is 20.8. The van der Waals surface area contributed by atoms with Gasteiger partial charge in [-0.05, 0) is 41.5 Å². The minimum Gasteiger partial charge on any atom is -0.481 e. The number of nitrogens with zero attached hydrogens (tertiary/aromatic N) is 2. The topological polar surface area (TPSA) is 91.8 Å². The number of aromatic nitrogens is 1. The molecule has 0 bridgehead atoms. The summed E-state index contributed by atoms with van der Waals surface area (Å²) in [7, 11) is 0. The van der Waals surface area contributed by atoms with Crippen LogP contribution in [-0.2, 0) is 15.0 Å². The lowest BCUT2D eigenvalue weighted by Gasteiger charge is -2.52. The number of halogens is 2. The van der Waals surface area contributed by atoms with Crippen LogP contribution in [0.1, 0.15) is 56.9 Å². The number of likely N-dealkylation sites (tertiary alicyclic amines) is 1. The molecule has 1 amide bonds. The monoisotopic (exact) mass is 489 g/mol.